The lowest BCUT2D eigenvalue weighted by Crippen LogP contribution is -2.47. The summed E-state index contributed by atoms with van der Waals surface area (Å²) >= 11 is 1.28. The van der Waals surface area contributed by atoms with Gasteiger partial charge in [0.15, 0.2) is 23.7 Å². The van der Waals surface area contributed by atoms with Crippen LogP contribution in [0.15, 0.2) is 121 Å². The lowest BCUT2D eigenvalue weighted by atomic mass is 10.1. The van der Waals surface area contributed by atoms with Crippen molar-refractivity contribution in [1.82, 2.24) is 4.31 Å². The number of ether oxygens (including phenoxy) is 5. The normalized spacial score (nSPS) is 19.1. The van der Waals surface area contributed by atoms with E-state index in [4.69, 9.17) is 23.7 Å². The molecule has 0 radical (unpaired) electrons. The van der Waals surface area contributed by atoms with E-state index in [2.05, 4.69) is 0 Å². The first-order valence-corrected chi connectivity index (χ1v) is 16.8. The molecule has 0 bridgehead atoms. The van der Waals surface area contributed by atoms with Crippen LogP contribution in [0.25, 0.3) is 0 Å². The average molecular weight is 684 g/mol. The number of esters is 4. The Bertz CT molecular complexity index is 1670. The number of hydrogen-bond acceptors (Lipinski definition) is 11. The third-order valence-corrected chi connectivity index (χ3v) is 9.09. The van der Waals surface area contributed by atoms with Crippen molar-refractivity contribution in [2.24, 2.45) is 0 Å². The van der Waals surface area contributed by atoms with Gasteiger partial charge in [-0.15, -0.1) is 0 Å². The molecule has 0 spiro atoms. The molecule has 5 rings (SSSR count). The van der Waals surface area contributed by atoms with E-state index in [-0.39, 0.29) is 16.7 Å². The van der Waals surface area contributed by atoms with Gasteiger partial charge in [0.25, 0.3) is 0 Å². The fraction of sp³-hybridized carbons (Fsp3) is 0.263. The molecule has 1 saturated heterocycles. The van der Waals surface area contributed by atoms with Gasteiger partial charge >= 0.3 is 23.9 Å². The van der Waals surface area contributed by atoms with E-state index in [1.165, 1.54) is 11.9 Å². The summed E-state index contributed by atoms with van der Waals surface area (Å²) in [6.45, 7) is 4.74. The Hall–Kier alpha value is -4.97. The van der Waals surface area contributed by atoms with Crippen molar-refractivity contribution in [2.75, 3.05) is 19.7 Å². The highest BCUT2D eigenvalue weighted by molar-refractivity contribution is 7.97. The van der Waals surface area contributed by atoms with Crippen LogP contribution in [0.3, 0.4) is 0 Å². The summed E-state index contributed by atoms with van der Waals surface area (Å²) in [4.78, 5) is 53.6. The van der Waals surface area contributed by atoms with Crippen LogP contribution >= 0.6 is 11.9 Å². The molecule has 10 nitrogen and oxygen atoms in total. The molecule has 4 aromatic rings. The van der Waals surface area contributed by atoms with Gasteiger partial charge in [0.1, 0.15) is 12.7 Å². The second-order valence-corrected chi connectivity index (χ2v) is 12.1. The Labute approximate surface area is 289 Å². The van der Waals surface area contributed by atoms with Crippen molar-refractivity contribution in [1.29, 1.82) is 0 Å². The molecule has 49 heavy (non-hydrogen) atoms. The number of carbonyl (C=O) groups is 4. The Morgan fingerprint density at radius 2 is 1.02 bits per heavy atom. The Kier molecular flexibility index (Phi) is 12.6. The van der Waals surface area contributed by atoms with Gasteiger partial charge in [-0.05, 0) is 60.5 Å². The van der Waals surface area contributed by atoms with Crippen LogP contribution in [0.4, 0.5) is 0 Å². The first kappa shape index (κ1) is 35.3. The molecule has 254 valence electrons. The SMILES string of the molecule is CCN(CC)SC1O[C@@H]([C@@H](COC(=O)c2ccccc2)OC(=O)c2ccccc2)[C@H](OC(=O)c2ccccc2)[C@H]1OC(=O)c1ccccc1. The highest BCUT2D eigenvalue weighted by Gasteiger charge is 2.55. The number of rotatable bonds is 14. The number of benzene rings is 4. The lowest BCUT2D eigenvalue weighted by Gasteiger charge is -2.28. The monoisotopic (exact) mass is 683 g/mol. The Morgan fingerprint density at radius 1 is 0.612 bits per heavy atom. The van der Waals surface area contributed by atoms with Crippen molar-refractivity contribution in [2.45, 2.75) is 43.7 Å². The van der Waals surface area contributed by atoms with Crippen LogP contribution < -0.4 is 0 Å². The Morgan fingerprint density at radius 3 is 1.47 bits per heavy atom. The first-order chi connectivity index (χ1) is 23.9. The van der Waals surface area contributed by atoms with Crippen molar-refractivity contribution < 1.29 is 42.9 Å². The second kappa shape index (κ2) is 17.4. The first-order valence-electron chi connectivity index (χ1n) is 15.9. The van der Waals surface area contributed by atoms with Crippen LogP contribution in [0, 0.1) is 0 Å². The van der Waals surface area contributed by atoms with Crippen molar-refractivity contribution in [3.05, 3.63) is 144 Å². The van der Waals surface area contributed by atoms with Crippen LogP contribution in [0.5, 0.6) is 0 Å². The molecule has 0 saturated carbocycles. The van der Waals surface area contributed by atoms with E-state index in [0.29, 0.717) is 18.7 Å². The summed E-state index contributed by atoms with van der Waals surface area (Å²) in [5, 5.41) is 0. The molecule has 1 heterocycles. The van der Waals surface area contributed by atoms with E-state index in [9.17, 15) is 19.2 Å². The highest BCUT2D eigenvalue weighted by Crippen LogP contribution is 2.38. The zero-order valence-corrected chi connectivity index (χ0v) is 27.9. The molecular formula is C38H37NO9S. The number of carbonyl (C=O) groups excluding carboxylic acids is 4. The number of hydrogen-bond donors (Lipinski definition) is 0. The summed E-state index contributed by atoms with van der Waals surface area (Å²) in [6, 6.07) is 33.4. The van der Waals surface area contributed by atoms with Gasteiger partial charge in [-0.1, -0.05) is 86.6 Å². The molecule has 0 amide bonds. The summed E-state index contributed by atoms with van der Waals surface area (Å²) < 4.78 is 32.3. The minimum absolute atomic E-state index is 0.249. The summed E-state index contributed by atoms with van der Waals surface area (Å²) in [5.74, 6) is -2.73. The summed E-state index contributed by atoms with van der Waals surface area (Å²) in [6.07, 6.45) is -4.93. The van der Waals surface area contributed by atoms with Gasteiger partial charge in [-0.25, -0.2) is 23.5 Å². The average Bonchev–Trinajstić information content (AvgIpc) is 3.48. The fourth-order valence-corrected chi connectivity index (χ4v) is 6.24. The van der Waals surface area contributed by atoms with E-state index in [1.54, 1.807) is 121 Å². The highest BCUT2D eigenvalue weighted by atomic mass is 32.2. The second-order valence-electron chi connectivity index (χ2n) is 10.9. The van der Waals surface area contributed by atoms with Crippen molar-refractivity contribution in [3.63, 3.8) is 0 Å². The number of nitrogens with zero attached hydrogens (tertiary/aromatic N) is 1. The van der Waals surface area contributed by atoms with Gasteiger partial charge in [-0.2, -0.15) is 0 Å². The van der Waals surface area contributed by atoms with E-state index >= 15 is 0 Å². The molecule has 1 aliphatic rings. The van der Waals surface area contributed by atoms with Gasteiger partial charge in [0.2, 0.25) is 0 Å². The summed E-state index contributed by atoms with van der Waals surface area (Å²) in [7, 11) is 0. The zero-order valence-electron chi connectivity index (χ0n) is 27.1. The maximum atomic E-state index is 13.6. The molecule has 5 atom stereocenters. The molecule has 11 heteroatoms. The topological polar surface area (TPSA) is 118 Å². The summed E-state index contributed by atoms with van der Waals surface area (Å²) in [5.41, 5.74) is 0.185. The predicted molar refractivity (Wildman–Crippen MR) is 183 cm³/mol. The molecule has 0 N–H and O–H groups in total. The van der Waals surface area contributed by atoms with Gasteiger partial charge in [-0.3, -0.25) is 0 Å². The van der Waals surface area contributed by atoms with Crippen LogP contribution in [-0.4, -0.2) is 77.7 Å². The molecule has 4 aromatic carbocycles. The fourth-order valence-electron chi connectivity index (χ4n) is 5.13. The van der Waals surface area contributed by atoms with Crippen molar-refractivity contribution in [3.8, 4) is 0 Å². The molecule has 1 unspecified atom stereocenters. The lowest BCUT2D eigenvalue weighted by molar-refractivity contribution is -0.0900. The van der Waals surface area contributed by atoms with Gasteiger partial charge in [0, 0.05) is 13.1 Å². The molecule has 0 aromatic heterocycles. The van der Waals surface area contributed by atoms with E-state index in [1.807, 2.05) is 18.2 Å². The zero-order chi connectivity index (χ0) is 34.6. The minimum Gasteiger partial charge on any atom is -0.458 e. The van der Waals surface area contributed by atoms with Crippen LogP contribution in [0.1, 0.15) is 55.3 Å². The molecular weight excluding hydrogens is 646 g/mol. The third-order valence-electron chi connectivity index (χ3n) is 7.69. The van der Waals surface area contributed by atoms with E-state index in [0.717, 1.165) is 0 Å². The molecule has 0 aliphatic carbocycles. The quantitative estimate of drug-likeness (QED) is 0.0855. The van der Waals surface area contributed by atoms with Crippen molar-refractivity contribution >= 4 is 35.8 Å². The maximum absolute atomic E-state index is 13.6. The molecule has 1 fully saturated rings. The van der Waals surface area contributed by atoms with Gasteiger partial charge in [0.05, 0.1) is 22.3 Å². The van der Waals surface area contributed by atoms with Crippen LogP contribution in [-0.2, 0) is 23.7 Å². The maximum Gasteiger partial charge on any atom is 0.338 e. The van der Waals surface area contributed by atoms with Crippen LogP contribution in [0.2, 0.25) is 0 Å². The third kappa shape index (κ3) is 9.35. The standard InChI is InChI=1S/C38H37NO9S/c1-3-39(4-2)49-38-33(47-37(43)29-23-15-8-16-24-29)32(46-36(42)28-21-13-7-14-22-28)31(48-38)30(45-35(41)27-19-11-6-12-20-27)25-44-34(40)26-17-9-5-10-18-26/h5-24,30-33,38H,3-4,25H2,1-2H3/t30-,31+,32+,33-,38?/m1/s1. The van der Waals surface area contributed by atoms with E-state index < -0.39 is 60.3 Å². The Balaban J connectivity index is 1.53. The minimum atomic E-state index is -1.28. The molecule has 1 aliphatic heterocycles. The smallest absolute Gasteiger partial charge is 0.338 e. The largest absolute Gasteiger partial charge is 0.458 e. The van der Waals surface area contributed by atoms with Gasteiger partial charge < -0.3 is 23.7 Å². The predicted octanol–water partition coefficient (Wildman–Crippen LogP) is 6.24.